The van der Waals surface area contributed by atoms with Crippen LogP contribution in [-0.2, 0) is 21.4 Å². The number of carbonyl (C=O) groups is 2. The molecule has 8 heteroatoms. The molecule has 142 valence electrons. The molecule has 26 heavy (non-hydrogen) atoms. The van der Waals surface area contributed by atoms with Gasteiger partial charge < -0.3 is 10.0 Å². The van der Waals surface area contributed by atoms with Crippen LogP contribution in [0.1, 0.15) is 42.1 Å². The van der Waals surface area contributed by atoms with E-state index < -0.39 is 16.0 Å². The molecule has 1 saturated carbocycles. The second kappa shape index (κ2) is 7.00. The SMILES string of the molecule is CCS(=O)(=O)NCc1ccc(C(=O)N2CCC3(CC2)CC3C(=O)O)cc1. The average molecular weight is 380 g/mol. The molecule has 1 amide bonds. The third-order valence-electron chi connectivity index (χ3n) is 5.61. The summed E-state index contributed by atoms with van der Waals surface area (Å²) in [5.74, 6) is -0.999. The molecule has 1 aromatic rings. The first-order valence-electron chi connectivity index (χ1n) is 8.85. The number of carboxylic acids is 1. The molecule has 7 nitrogen and oxygen atoms in total. The number of carboxylic acid groups (broad SMARTS) is 1. The number of amides is 1. The van der Waals surface area contributed by atoms with E-state index in [2.05, 4.69) is 4.72 Å². The third-order valence-corrected chi connectivity index (χ3v) is 6.96. The Hall–Kier alpha value is -1.93. The molecule has 2 N–H and O–H groups in total. The molecule has 2 fully saturated rings. The van der Waals surface area contributed by atoms with E-state index in [4.69, 9.17) is 5.11 Å². The zero-order valence-corrected chi connectivity index (χ0v) is 15.6. The monoisotopic (exact) mass is 380 g/mol. The quantitative estimate of drug-likeness (QED) is 0.777. The van der Waals surface area contributed by atoms with Crippen molar-refractivity contribution in [1.82, 2.24) is 9.62 Å². The highest BCUT2D eigenvalue weighted by Gasteiger charge is 2.59. The molecule has 1 atom stereocenters. The van der Waals surface area contributed by atoms with E-state index in [0.29, 0.717) is 18.7 Å². The fraction of sp³-hybridized carbons (Fsp3) is 0.556. The summed E-state index contributed by atoms with van der Waals surface area (Å²) in [6.45, 7) is 2.95. The second-order valence-electron chi connectivity index (χ2n) is 7.17. The molecule has 1 aliphatic carbocycles. The summed E-state index contributed by atoms with van der Waals surface area (Å²) in [6, 6.07) is 6.91. The molecule has 1 spiro atoms. The van der Waals surface area contributed by atoms with Gasteiger partial charge in [-0.25, -0.2) is 13.1 Å². The lowest BCUT2D eigenvalue weighted by molar-refractivity contribution is -0.139. The van der Waals surface area contributed by atoms with Crippen LogP contribution in [0, 0.1) is 11.3 Å². The normalized spacial score (nSPS) is 21.6. The van der Waals surface area contributed by atoms with Crippen molar-refractivity contribution in [3.63, 3.8) is 0 Å². The maximum absolute atomic E-state index is 12.6. The number of sulfonamides is 1. The molecule has 2 aliphatic rings. The minimum Gasteiger partial charge on any atom is -0.481 e. The van der Waals surface area contributed by atoms with Crippen LogP contribution >= 0.6 is 0 Å². The first-order chi connectivity index (χ1) is 12.3. The molecule has 1 aliphatic heterocycles. The van der Waals surface area contributed by atoms with Gasteiger partial charge in [0.05, 0.1) is 11.7 Å². The van der Waals surface area contributed by atoms with Gasteiger partial charge in [0.25, 0.3) is 5.91 Å². The Morgan fingerprint density at radius 2 is 1.85 bits per heavy atom. The molecule has 1 unspecified atom stereocenters. The fourth-order valence-corrected chi connectivity index (χ4v) is 4.24. The van der Waals surface area contributed by atoms with Crippen molar-refractivity contribution in [2.24, 2.45) is 11.3 Å². The van der Waals surface area contributed by atoms with Gasteiger partial charge >= 0.3 is 5.97 Å². The molecule has 1 saturated heterocycles. The van der Waals surface area contributed by atoms with E-state index in [-0.39, 0.29) is 29.5 Å². The number of benzene rings is 1. The zero-order valence-electron chi connectivity index (χ0n) is 14.8. The Morgan fingerprint density at radius 3 is 2.35 bits per heavy atom. The average Bonchev–Trinajstić information content (AvgIpc) is 3.34. The van der Waals surface area contributed by atoms with Gasteiger partial charge in [0, 0.05) is 25.2 Å². The lowest BCUT2D eigenvalue weighted by Gasteiger charge is -2.32. The Balaban J connectivity index is 1.55. The van der Waals surface area contributed by atoms with Crippen molar-refractivity contribution in [3.8, 4) is 0 Å². The summed E-state index contributed by atoms with van der Waals surface area (Å²) in [7, 11) is -3.24. The number of nitrogens with zero attached hydrogens (tertiary/aromatic N) is 1. The van der Waals surface area contributed by atoms with Crippen LogP contribution < -0.4 is 4.72 Å². The number of hydrogen-bond donors (Lipinski definition) is 2. The van der Waals surface area contributed by atoms with Gasteiger partial charge in [-0.1, -0.05) is 12.1 Å². The summed E-state index contributed by atoms with van der Waals surface area (Å²) < 4.78 is 25.4. The van der Waals surface area contributed by atoms with Crippen LogP contribution in [0.3, 0.4) is 0 Å². The largest absolute Gasteiger partial charge is 0.481 e. The number of piperidine rings is 1. The van der Waals surface area contributed by atoms with E-state index in [9.17, 15) is 18.0 Å². The first-order valence-corrected chi connectivity index (χ1v) is 10.5. The van der Waals surface area contributed by atoms with Gasteiger partial charge in [-0.15, -0.1) is 0 Å². The van der Waals surface area contributed by atoms with E-state index in [1.165, 1.54) is 0 Å². The minimum atomic E-state index is -3.24. The van der Waals surface area contributed by atoms with Crippen molar-refractivity contribution >= 4 is 21.9 Å². The molecule has 0 aromatic heterocycles. The predicted octanol–water partition coefficient (Wildman–Crippen LogP) is 1.45. The smallest absolute Gasteiger partial charge is 0.307 e. The number of rotatable bonds is 6. The molecular formula is C18H24N2O5S. The fourth-order valence-electron chi connectivity index (χ4n) is 3.65. The molecule has 0 radical (unpaired) electrons. The van der Waals surface area contributed by atoms with E-state index >= 15 is 0 Å². The maximum Gasteiger partial charge on any atom is 0.307 e. The molecule has 1 aromatic carbocycles. The highest BCUT2D eigenvalue weighted by molar-refractivity contribution is 7.89. The van der Waals surface area contributed by atoms with E-state index in [1.807, 2.05) is 0 Å². The summed E-state index contributed by atoms with van der Waals surface area (Å²) in [6.07, 6.45) is 2.21. The minimum absolute atomic E-state index is 0.0305. The number of carbonyl (C=O) groups excluding carboxylic acids is 1. The second-order valence-corrected chi connectivity index (χ2v) is 9.27. The van der Waals surface area contributed by atoms with Gasteiger partial charge in [-0.05, 0) is 49.3 Å². The van der Waals surface area contributed by atoms with Gasteiger partial charge in [0.15, 0.2) is 0 Å². The first kappa shape index (κ1) is 18.8. The highest BCUT2D eigenvalue weighted by Crippen LogP contribution is 2.59. The topological polar surface area (TPSA) is 104 Å². The van der Waals surface area contributed by atoms with Gasteiger partial charge in [0.2, 0.25) is 10.0 Å². The summed E-state index contributed by atoms with van der Waals surface area (Å²) in [5, 5.41) is 9.14. The van der Waals surface area contributed by atoms with Crippen LogP contribution in [0.2, 0.25) is 0 Å². The lowest BCUT2D eigenvalue weighted by Crippen LogP contribution is -2.40. The van der Waals surface area contributed by atoms with Gasteiger partial charge in [-0.3, -0.25) is 9.59 Å². The number of nitrogens with one attached hydrogen (secondary N) is 1. The summed E-state index contributed by atoms with van der Waals surface area (Å²) in [5.41, 5.74) is 1.26. The van der Waals surface area contributed by atoms with Crippen molar-refractivity contribution in [3.05, 3.63) is 35.4 Å². The molecule has 3 rings (SSSR count). The summed E-state index contributed by atoms with van der Waals surface area (Å²) >= 11 is 0. The van der Waals surface area contributed by atoms with Crippen molar-refractivity contribution in [1.29, 1.82) is 0 Å². The molecule has 0 bridgehead atoms. The zero-order chi connectivity index (χ0) is 18.9. The van der Waals surface area contributed by atoms with E-state index in [1.54, 1.807) is 36.1 Å². The molecular weight excluding hydrogens is 356 g/mol. The Morgan fingerprint density at radius 1 is 1.23 bits per heavy atom. The number of likely N-dealkylation sites (tertiary alicyclic amines) is 1. The third kappa shape index (κ3) is 3.91. The van der Waals surface area contributed by atoms with Gasteiger partial charge in [-0.2, -0.15) is 0 Å². The summed E-state index contributed by atoms with van der Waals surface area (Å²) in [4.78, 5) is 25.5. The van der Waals surface area contributed by atoms with Crippen LogP contribution in [0.5, 0.6) is 0 Å². The van der Waals surface area contributed by atoms with Crippen LogP contribution in [0.25, 0.3) is 0 Å². The van der Waals surface area contributed by atoms with E-state index in [0.717, 1.165) is 24.8 Å². The standard InChI is InChI=1S/C18H24N2O5S/c1-2-26(24,25)19-12-13-3-5-14(6-4-13)16(21)20-9-7-18(8-10-20)11-15(18)17(22)23/h3-6,15,19H,2,7-12H2,1H3,(H,22,23). The predicted molar refractivity (Wildman–Crippen MR) is 96.1 cm³/mol. The van der Waals surface area contributed by atoms with Crippen LogP contribution in [0.4, 0.5) is 0 Å². The lowest BCUT2D eigenvalue weighted by atomic mass is 9.90. The number of hydrogen-bond acceptors (Lipinski definition) is 4. The Kier molecular flexibility index (Phi) is 5.07. The Labute approximate surface area is 153 Å². The maximum atomic E-state index is 12.6. The molecule has 1 heterocycles. The van der Waals surface area contributed by atoms with Crippen molar-refractivity contribution in [2.75, 3.05) is 18.8 Å². The van der Waals surface area contributed by atoms with Crippen LogP contribution in [0.15, 0.2) is 24.3 Å². The van der Waals surface area contributed by atoms with Crippen molar-refractivity contribution in [2.45, 2.75) is 32.7 Å². The number of aliphatic carboxylic acids is 1. The Bertz CT molecular complexity index is 795. The van der Waals surface area contributed by atoms with Crippen molar-refractivity contribution < 1.29 is 23.1 Å². The highest BCUT2D eigenvalue weighted by atomic mass is 32.2. The van der Waals surface area contributed by atoms with Crippen LogP contribution in [-0.4, -0.2) is 49.1 Å². The van der Waals surface area contributed by atoms with Gasteiger partial charge in [0.1, 0.15) is 0 Å².